The number of carbonyl (C=O) groups is 2. The van der Waals surface area contributed by atoms with Crippen LogP contribution in [0.15, 0.2) is 0 Å². The van der Waals surface area contributed by atoms with E-state index >= 15 is 0 Å². The fourth-order valence-corrected chi connectivity index (χ4v) is 0.522. The van der Waals surface area contributed by atoms with Crippen molar-refractivity contribution in [3.8, 4) is 0 Å². The fourth-order valence-electron chi connectivity index (χ4n) is 0.522. The Hall–Kier alpha value is -1.06. The van der Waals surface area contributed by atoms with Crippen LogP contribution in [0.3, 0.4) is 0 Å². The van der Waals surface area contributed by atoms with Gasteiger partial charge in [0.05, 0.1) is 0 Å². The lowest BCUT2D eigenvalue weighted by molar-refractivity contribution is -0.124. The summed E-state index contributed by atoms with van der Waals surface area (Å²) in [6.07, 6.45) is 0.328. The molecule has 0 heterocycles. The van der Waals surface area contributed by atoms with Crippen LogP contribution in [0.1, 0.15) is 19.8 Å². The van der Waals surface area contributed by atoms with Crippen LogP contribution in [-0.2, 0) is 9.59 Å². The highest BCUT2D eigenvalue weighted by molar-refractivity contribution is 5.82. The molecule has 58 valence electrons. The quantitative estimate of drug-likeness (QED) is 0.552. The first-order valence-electron chi connectivity index (χ1n) is 3.21. The highest BCUT2D eigenvalue weighted by atomic mass is 16.2. The summed E-state index contributed by atoms with van der Waals surface area (Å²) in [5.41, 5.74) is 4.82. The van der Waals surface area contributed by atoms with E-state index in [0.29, 0.717) is 6.54 Å². The largest absolute Gasteiger partial charge is 0.370 e. The van der Waals surface area contributed by atoms with Crippen LogP contribution >= 0.6 is 0 Å². The molecule has 0 aliphatic heterocycles. The van der Waals surface area contributed by atoms with Gasteiger partial charge in [-0.15, -0.1) is 0 Å². The lowest BCUT2D eigenvalue weighted by atomic mass is 10.3. The zero-order valence-electron chi connectivity index (χ0n) is 6.02. The molecule has 0 aromatic rings. The topological polar surface area (TPSA) is 72.2 Å². The van der Waals surface area contributed by atoms with Gasteiger partial charge in [-0.05, 0) is 6.92 Å². The number of carbonyl (C=O) groups excluding carboxylic acids is 2. The molecule has 0 unspecified atom stereocenters. The number of hydrogen-bond acceptors (Lipinski definition) is 2. The average molecular weight is 144 g/mol. The molecule has 0 saturated carbocycles. The third-order valence-electron chi connectivity index (χ3n) is 0.972. The molecule has 10 heavy (non-hydrogen) atoms. The van der Waals surface area contributed by atoms with Crippen LogP contribution in [0.25, 0.3) is 0 Å². The normalized spacial score (nSPS) is 8.90. The Morgan fingerprint density at radius 2 is 2.00 bits per heavy atom. The van der Waals surface area contributed by atoms with E-state index in [2.05, 4.69) is 5.32 Å². The first-order valence-corrected chi connectivity index (χ1v) is 3.21. The summed E-state index contributed by atoms with van der Waals surface area (Å²) in [6, 6.07) is 0. The van der Waals surface area contributed by atoms with Gasteiger partial charge in [0.25, 0.3) is 0 Å². The van der Waals surface area contributed by atoms with E-state index in [4.69, 9.17) is 5.73 Å². The Morgan fingerprint density at radius 3 is 2.40 bits per heavy atom. The zero-order valence-corrected chi connectivity index (χ0v) is 6.02. The number of hydrogen-bond donors (Lipinski definition) is 2. The summed E-state index contributed by atoms with van der Waals surface area (Å²) < 4.78 is 0. The van der Waals surface area contributed by atoms with Gasteiger partial charge in [0.1, 0.15) is 0 Å². The molecule has 0 aliphatic carbocycles. The van der Waals surface area contributed by atoms with Crippen LogP contribution < -0.4 is 11.1 Å². The minimum atomic E-state index is -0.439. The van der Waals surface area contributed by atoms with Gasteiger partial charge in [-0.25, -0.2) is 0 Å². The Morgan fingerprint density at radius 1 is 1.40 bits per heavy atom. The van der Waals surface area contributed by atoms with Crippen molar-refractivity contribution in [1.29, 1.82) is 0 Å². The summed E-state index contributed by atoms with van der Waals surface area (Å²) >= 11 is 0. The lowest BCUT2D eigenvalue weighted by Crippen LogP contribution is -2.24. The average Bonchev–Trinajstić information content (AvgIpc) is 1.85. The third-order valence-corrected chi connectivity index (χ3v) is 0.972. The molecule has 0 spiro atoms. The van der Waals surface area contributed by atoms with E-state index in [-0.39, 0.29) is 18.7 Å². The van der Waals surface area contributed by atoms with Crippen LogP contribution in [0.5, 0.6) is 0 Å². The van der Waals surface area contributed by atoms with Gasteiger partial charge >= 0.3 is 0 Å². The highest BCUT2D eigenvalue weighted by Gasteiger charge is 2.00. The molecular weight excluding hydrogens is 132 g/mol. The molecule has 0 atom stereocenters. The second-order valence-corrected chi connectivity index (χ2v) is 1.92. The van der Waals surface area contributed by atoms with Gasteiger partial charge in [-0.2, -0.15) is 0 Å². The molecule has 0 rings (SSSR count). The predicted molar refractivity (Wildman–Crippen MR) is 37.1 cm³/mol. The molecule has 0 saturated heterocycles. The molecule has 3 N–H and O–H groups in total. The van der Waals surface area contributed by atoms with Crippen molar-refractivity contribution in [1.82, 2.24) is 5.32 Å². The molecule has 0 aromatic heterocycles. The maximum atomic E-state index is 10.6. The Kier molecular flexibility index (Phi) is 4.28. The van der Waals surface area contributed by atoms with E-state index in [0.717, 1.165) is 0 Å². The molecule has 2 amide bonds. The van der Waals surface area contributed by atoms with Crippen LogP contribution in [0.2, 0.25) is 0 Å². The maximum absolute atomic E-state index is 10.6. The number of amides is 2. The zero-order chi connectivity index (χ0) is 7.98. The van der Waals surface area contributed by atoms with E-state index < -0.39 is 5.91 Å². The predicted octanol–water partition coefficient (Wildman–Crippen LogP) is -0.612. The molecule has 0 bridgehead atoms. The number of nitrogens with one attached hydrogen (secondary N) is 1. The molecule has 0 fully saturated rings. The molecule has 4 heteroatoms. The fraction of sp³-hybridized carbons (Fsp3) is 0.667. The van der Waals surface area contributed by atoms with Crippen molar-refractivity contribution in [2.45, 2.75) is 19.8 Å². The highest BCUT2D eigenvalue weighted by Crippen LogP contribution is 1.85. The van der Waals surface area contributed by atoms with Gasteiger partial charge in [-0.3, -0.25) is 9.59 Å². The first-order chi connectivity index (χ1) is 4.66. The van der Waals surface area contributed by atoms with E-state index in [1.165, 1.54) is 0 Å². The second-order valence-electron chi connectivity index (χ2n) is 1.92. The Balaban J connectivity index is 3.30. The minimum Gasteiger partial charge on any atom is -0.370 e. The SMILES string of the molecule is CCNC(=O)CCC(N)=O. The van der Waals surface area contributed by atoms with Crippen LogP contribution in [0, 0.1) is 0 Å². The van der Waals surface area contributed by atoms with Crippen molar-refractivity contribution < 1.29 is 9.59 Å². The van der Waals surface area contributed by atoms with Crippen LogP contribution in [-0.4, -0.2) is 18.4 Å². The number of nitrogens with two attached hydrogens (primary N) is 1. The third kappa shape index (κ3) is 5.08. The van der Waals surface area contributed by atoms with Crippen molar-refractivity contribution in [2.75, 3.05) is 6.54 Å². The summed E-state index contributed by atoms with van der Waals surface area (Å²) in [7, 11) is 0. The molecule has 0 aliphatic rings. The molecular formula is C6H12N2O2. The molecule has 4 nitrogen and oxygen atoms in total. The van der Waals surface area contributed by atoms with Gasteiger partial charge in [0.15, 0.2) is 0 Å². The van der Waals surface area contributed by atoms with Crippen molar-refractivity contribution in [3.05, 3.63) is 0 Å². The van der Waals surface area contributed by atoms with Crippen molar-refractivity contribution >= 4 is 11.8 Å². The van der Waals surface area contributed by atoms with Crippen LogP contribution in [0.4, 0.5) is 0 Å². The molecule has 0 radical (unpaired) electrons. The van der Waals surface area contributed by atoms with Gasteiger partial charge in [0, 0.05) is 19.4 Å². The minimum absolute atomic E-state index is 0.124. The summed E-state index contributed by atoms with van der Waals surface area (Å²) in [6.45, 7) is 2.42. The van der Waals surface area contributed by atoms with E-state index in [1.807, 2.05) is 6.92 Å². The smallest absolute Gasteiger partial charge is 0.220 e. The summed E-state index contributed by atoms with van der Waals surface area (Å²) in [5.74, 6) is -0.562. The van der Waals surface area contributed by atoms with Crippen molar-refractivity contribution in [2.24, 2.45) is 5.73 Å². The summed E-state index contributed by atoms with van der Waals surface area (Å²) in [4.78, 5) is 20.8. The monoisotopic (exact) mass is 144 g/mol. The standard InChI is InChI=1S/C6H12N2O2/c1-2-8-6(10)4-3-5(7)9/h2-4H2,1H3,(H2,7,9)(H,8,10). The van der Waals surface area contributed by atoms with E-state index in [9.17, 15) is 9.59 Å². The maximum Gasteiger partial charge on any atom is 0.220 e. The van der Waals surface area contributed by atoms with Gasteiger partial charge in [-0.1, -0.05) is 0 Å². The molecule has 0 aromatic carbocycles. The Labute approximate surface area is 59.8 Å². The summed E-state index contributed by atoms with van der Waals surface area (Å²) in [5, 5.41) is 2.55. The second kappa shape index (κ2) is 4.78. The van der Waals surface area contributed by atoms with Gasteiger partial charge < -0.3 is 11.1 Å². The van der Waals surface area contributed by atoms with E-state index in [1.54, 1.807) is 0 Å². The van der Waals surface area contributed by atoms with Gasteiger partial charge in [0.2, 0.25) is 11.8 Å². The Bertz CT molecular complexity index is 134. The van der Waals surface area contributed by atoms with Crippen molar-refractivity contribution in [3.63, 3.8) is 0 Å². The lowest BCUT2D eigenvalue weighted by Gasteiger charge is -1.97. The first kappa shape index (κ1) is 8.94. The number of primary amides is 1. The number of rotatable bonds is 4.